The molecule has 0 fully saturated rings. The van der Waals surface area contributed by atoms with E-state index in [2.05, 4.69) is 31.4 Å². The van der Waals surface area contributed by atoms with Crippen molar-refractivity contribution >= 4 is 17.5 Å². The van der Waals surface area contributed by atoms with Crippen molar-refractivity contribution in [3.63, 3.8) is 0 Å². The molecule has 0 saturated carbocycles. The maximum absolute atomic E-state index is 13.2. The third kappa shape index (κ3) is 3.84. The topological polar surface area (TPSA) is 50.4 Å². The summed E-state index contributed by atoms with van der Waals surface area (Å²) in [7, 11) is 0. The standard InChI is InChI=1S/C25H27ClN2O2/c1-14-6-8-16-19(12-14)30-20-13-15(2)7-9-17(20)22(16)28-24(29)18-10-11-21(25(3,4)5)27-23(18)26/h6-13,22-23,27H,1-5H3,(H,28,29). The molecule has 30 heavy (non-hydrogen) atoms. The molecule has 2 aromatic carbocycles. The fourth-order valence-corrected chi connectivity index (χ4v) is 4.06. The number of aryl methyl sites for hydroxylation is 2. The van der Waals surface area contributed by atoms with Gasteiger partial charge < -0.3 is 15.4 Å². The van der Waals surface area contributed by atoms with E-state index in [4.69, 9.17) is 16.3 Å². The van der Waals surface area contributed by atoms with Crippen LogP contribution >= 0.6 is 11.6 Å². The Morgan fingerprint density at radius 2 is 1.57 bits per heavy atom. The largest absolute Gasteiger partial charge is 0.457 e. The highest BCUT2D eigenvalue weighted by molar-refractivity contribution is 6.25. The van der Waals surface area contributed by atoms with E-state index in [1.165, 1.54) is 0 Å². The second-order valence-electron chi connectivity index (χ2n) is 9.05. The first-order valence-electron chi connectivity index (χ1n) is 10.2. The first kappa shape index (κ1) is 20.5. The van der Waals surface area contributed by atoms with Crippen LogP contribution in [0.15, 0.2) is 59.8 Å². The summed E-state index contributed by atoms with van der Waals surface area (Å²) >= 11 is 6.53. The molecular formula is C25H27ClN2O2. The van der Waals surface area contributed by atoms with E-state index in [0.717, 1.165) is 39.4 Å². The Labute approximate surface area is 183 Å². The number of benzene rings is 2. The maximum atomic E-state index is 13.2. The molecule has 0 bridgehead atoms. The minimum absolute atomic E-state index is 0.0695. The number of nitrogens with one attached hydrogen (secondary N) is 2. The molecule has 0 saturated heterocycles. The van der Waals surface area contributed by atoms with Crippen LogP contribution in [0.4, 0.5) is 0 Å². The Balaban J connectivity index is 1.69. The highest BCUT2D eigenvalue weighted by Crippen LogP contribution is 2.43. The number of carbonyl (C=O) groups excluding carboxylic acids is 1. The molecule has 2 heterocycles. The van der Waals surface area contributed by atoms with E-state index in [1.807, 2.05) is 62.4 Å². The monoisotopic (exact) mass is 422 g/mol. The Morgan fingerprint density at radius 1 is 1.00 bits per heavy atom. The van der Waals surface area contributed by atoms with Gasteiger partial charge in [0.25, 0.3) is 5.91 Å². The molecule has 2 N–H and O–H groups in total. The molecule has 4 nitrogen and oxygen atoms in total. The van der Waals surface area contributed by atoms with Gasteiger partial charge in [0, 0.05) is 22.2 Å². The fourth-order valence-electron chi connectivity index (χ4n) is 3.77. The van der Waals surface area contributed by atoms with Gasteiger partial charge in [-0.25, -0.2) is 0 Å². The molecule has 0 radical (unpaired) electrons. The molecule has 2 aromatic rings. The molecule has 1 amide bonds. The van der Waals surface area contributed by atoms with Crippen molar-refractivity contribution in [2.75, 3.05) is 0 Å². The lowest BCUT2D eigenvalue weighted by Crippen LogP contribution is -2.41. The summed E-state index contributed by atoms with van der Waals surface area (Å²) in [5.74, 6) is 1.34. The van der Waals surface area contributed by atoms with Crippen molar-refractivity contribution in [1.82, 2.24) is 10.6 Å². The van der Waals surface area contributed by atoms with Gasteiger partial charge in [-0.2, -0.15) is 0 Å². The summed E-state index contributed by atoms with van der Waals surface area (Å²) in [5.41, 5.74) is 4.94. The number of hydrogen-bond acceptors (Lipinski definition) is 3. The van der Waals surface area contributed by atoms with E-state index in [0.29, 0.717) is 5.57 Å². The number of rotatable bonds is 2. The van der Waals surface area contributed by atoms with E-state index in [-0.39, 0.29) is 17.4 Å². The van der Waals surface area contributed by atoms with E-state index >= 15 is 0 Å². The lowest BCUT2D eigenvalue weighted by Gasteiger charge is -2.32. The van der Waals surface area contributed by atoms with Crippen LogP contribution in [0.25, 0.3) is 0 Å². The molecule has 2 aliphatic heterocycles. The molecule has 1 unspecified atom stereocenters. The molecule has 0 aromatic heterocycles. The van der Waals surface area contributed by atoms with Gasteiger partial charge in [-0.05, 0) is 49.3 Å². The van der Waals surface area contributed by atoms with Crippen molar-refractivity contribution in [3.05, 3.63) is 82.1 Å². The molecule has 0 spiro atoms. The number of ether oxygens (including phenoxy) is 1. The fraction of sp³-hybridized carbons (Fsp3) is 0.320. The van der Waals surface area contributed by atoms with E-state index in [1.54, 1.807) is 0 Å². The smallest absolute Gasteiger partial charge is 0.251 e. The van der Waals surface area contributed by atoms with E-state index in [9.17, 15) is 4.79 Å². The summed E-state index contributed by atoms with van der Waals surface area (Å²) < 4.78 is 6.16. The van der Waals surface area contributed by atoms with Crippen LogP contribution in [-0.2, 0) is 4.79 Å². The number of amides is 1. The molecular weight excluding hydrogens is 396 g/mol. The van der Waals surface area contributed by atoms with Crippen LogP contribution in [0, 0.1) is 19.3 Å². The van der Waals surface area contributed by atoms with Crippen LogP contribution in [0.1, 0.15) is 49.1 Å². The second kappa shape index (κ2) is 7.51. The molecule has 0 aliphatic carbocycles. The van der Waals surface area contributed by atoms with Gasteiger partial charge in [-0.1, -0.05) is 56.6 Å². The lowest BCUT2D eigenvalue weighted by molar-refractivity contribution is -0.118. The first-order valence-corrected chi connectivity index (χ1v) is 10.6. The zero-order valence-corrected chi connectivity index (χ0v) is 18.7. The van der Waals surface area contributed by atoms with Crippen LogP contribution in [0.2, 0.25) is 0 Å². The lowest BCUT2D eigenvalue weighted by atomic mass is 9.89. The normalized spacial score (nSPS) is 18.3. The third-order valence-corrected chi connectivity index (χ3v) is 5.85. The van der Waals surface area contributed by atoms with Crippen molar-refractivity contribution < 1.29 is 9.53 Å². The predicted molar refractivity (Wildman–Crippen MR) is 121 cm³/mol. The van der Waals surface area contributed by atoms with E-state index < -0.39 is 5.50 Å². The van der Waals surface area contributed by atoms with Gasteiger partial charge in [0.15, 0.2) is 0 Å². The van der Waals surface area contributed by atoms with Crippen LogP contribution < -0.4 is 15.4 Å². The van der Waals surface area contributed by atoms with Crippen LogP contribution in [0.3, 0.4) is 0 Å². The molecule has 1 atom stereocenters. The minimum Gasteiger partial charge on any atom is -0.457 e. The Morgan fingerprint density at radius 3 is 2.07 bits per heavy atom. The van der Waals surface area contributed by atoms with Gasteiger partial charge in [0.1, 0.15) is 17.0 Å². The van der Waals surface area contributed by atoms with Crippen LogP contribution in [-0.4, -0.2) is 11.4 Å². The van der Waals surface area contributed by atoms with Crippen molar-refractivity contribution in [1.29, 1.82) is 0 Å². The number of carbonyl (C=O) groups is 1. The summed E-state index contributed by atoms with van der Waals surface area (Å²) in [4.78, 5) is 13.2. The number of fused-ring (bicyclic) bond motifs is 2. The Hall–Kier alpha value is -2.72. The maximum Gasteiger partial charge on any atom is 0.251 e. The molecule has 2 aliphatic rings. The summed E-state index contributed by atoms with van der Waals surface area (Å²) in [5, 5.41) is 6.43. The van der Waals surface area contributed by atoms with Gasteiger partial charge in [0.05, 0.1) is 11.6 Å². The van der Waals surface area contributed by atoms with Crippen molar-refractivity contribution in [2.45, 2.75) is 46.2 Å². The SMILES string of the molecule is Cc1ccc2c(c1)Oc1cc(C)ccc1C2NC(=O)C1=CC=C(C(C)(C)C)NC1Cl. The van der Waals surface area contributed by atoms with Gasteiger partial charge in [-0.15, -0.1) is 0 Å². The van der Waals surface area contributed by atoms with Crippen molar-refractivity contribution in [3.8, 4) is 11.5 Å². The zero-order valence-electron chi connectivity index (χ0n) is 18.0. The quantitative estimate of drug-likeness (QED) is 0.486. The first-order chi connectivity index (χ1) is 14.1. The van der Waals surface area contributed by atoms with Gasteiger partial charge in [-0.3, -0.25) is 4.79 Å². The van der Waals surface area contributed by atoms with Crippen molar-refractivity contribution in [2.24, 2.45) is 5.41 Å². The molecule has 156 valence electrons. The third-order valence-electron chi connectivity index (χ3n) is 5.51. The number of dihydropyridines is 1. The zero-order chi connectivity index (χ0) is 21.6. The average molecular weight is 423 g/mol. The van der Waals surface area contributed by atoms with Gasteiger partial charge >= 0.3 is 0 Å². The highest BCUT2D eigenvalue weighted by atomic mass is 35.5. The molecule has 4 rings (SSSR count). The number of alkyl halides is 1. The number of halogens is 1. The summed E-state index contributed by atoms with van der Waals surface area (Å²) in [6, 6.07) is 11.8. The summed E-state index contributed by atoms with van der Waals surface area (Å²) in [6.07, 6.45) is 3.75. The number of hydrogen-bond donors (Lipinski definition) is 2. The molecule has 5 heteroatoms. The van der Waals surface area contributed by atoms with Crippen LogP contribution in [0.5, 0.6) is 11.5 Å². The minimum atomic E-state index is -0.584. The highest BCUT2D eigenvalue weighted by Gasteiger charge is 2.32. The Bertz CT molecular complexity index is 1030. The number of allylic oxidation sites excluding steroid dienone is 3. The second-order valence-corrected chi connectivity index (χ2v) is 9.49. The predicted octanol–water partition coefficient (Wildman–Crippen LogP) is 5.64. The Kier molecular flexibility index (Phi) is 5.15. The summed E-state index contributed by atoms with van der Waals surface area (Å²) in [6.45, 7) is 10.4. The van der Waals surface area contributed by atoms with Gasteiger partial charge in [0.2, 0.25) is 0 Å². The average Bonchev–Trinajstić information content (AvgIpc) is 2.66.